The largest absolute Gasteiger partial charge is 0.445 e. The number of sulfone groups is 1. The van der Waals surface area contributed by atoms with E-state index >= 15 is 0 Å². The second kappa shape index (κ2) is 10.2. The van der Waals surface area contributed by atoms with Gasteiger partial charge in [-0.3, -0.25) is 10.4 Å². The smallest absolute Gasteiger partial charge is 0.410 e. The molecule has 1 unspecified atom stereocenters. The molecule has 3 rings (SSSR count). The molecule has 188 valence electrons. The number of thiophene rings is 1. The second-order valence-electron chi connectivity index (χ2n) is 7.64. The van der Waals surface area contributed by atoms with Gasteiger partial charge in [-0.2, -0.15) is 0 Å². The monoisotopic (exact) mass is 535 g/mol. The molecule has 1 aliphatic heterocycles. The van der Waals surface area contributed by atoms with Crippen molar-refractivity contribution in [2.75, 3.05) is 6.54 Å². The Balaban J connectivity index is 1.78. The molecule has 0 aliphatic carbocycles. The molecule has 4 N–H and O–H groups in total. The van der Waals surface area contributed by atoms with E-state index in [2.05, 4.69) is 4.84 Å². The highest BCUT2D eigenvalue weighted by atomic mass is 32.3. The van der Waals surface area contributed by atoms with E-state index in [0.717, 1.165) is 0 Å². The maximum Gasteiger partial charge on any atom is 0.410 e. The number of fused-ring (bicyclic) bond motifs is 1. The summed E-state index contributed by atoms with van der Waals surface area (Å²) in [5, 5.41) is 21.1. The first-order valence-electron chi connectivity index (χ1n) is 10.1. The van der Waals surface area contributed by atoms with E-state index in [0.29, 0.717) is 22.5 Å². The molecule has 12 nitrogen and oxygen atoms in total. The van der Waals surface area contributed by atoms with Gasteiger partial charge in [0, 0.05) is 12.1 Å². The van der Waals surface area contributed by atoms with E-state index in [-0.39, 0.29) is 40.2 Å². The lowest BCUT2D eigenvalue weighted by molar-refractivity contribution is -0.497. The van der Waals surface area contributed by atoms with E-state index in [1.165, 1.54) is 17.9 Å². The molecule has 1 aliphatic rings. The average Bonchev–Trinajstić information content (AvgIpc) is 3.23. The van der Waals surface area contributed by atoms with Crippen LogP contribution in [0.5, 0.6) is 0 Å². The number of carbonyl (C=O) groups excluding carboxylic acids is 1. The van der Waals surface area contributed by atoms with Crippen molar-refractivity contribution in [2.24, 2.45) is 5.14 Å². The Hall–Kier alpha value is -2.11. The first-order valence-corrected chi connectivity index (χ1v) is 14.0. The van der Waals surface area contributed by atoms with Crippen LogP contribution in [-0.2, 0) is 42.6 Å². The van der Waals surface area contributed by atoms with Gasteiger partial charge in [-0.05, 0) is 37.5 Å². The van der Waals surface area contributed by atoms with Gasteiger partial charge in [-0.1, -0.05) is 24.3 Å². The molecular formula is C19H25N3O9S3. The summed E-state index contributed by atoms with van der Waals surface area (Å²) in [6.45, 7) is 3.28. The van der Waals surface area contributed by atoms with Crippen molar-refractivity contribution in [1.82, 2.24) is 10.3 Å². The minimum Gasteiger partial charge on any atom is -0.445 e. The van der Waals surface area contributed by atoms with E-state index < -0.39 is 42.6 Å². The number of nitrogens with zero attached hydrogens (tertiary/aromatic N) is 2. The highest BCUT2D eigenvalue weighted by Gasteiger charge is 2.42. The van der Waals surface area contributed by atoms with E-state index in [9.17, 15) is 21.6 Å². The molecule has 0 saturated carbocycles. The van der Waals surface area contributed by atoms with Gasteiger partial charge in [0.05, 0.1) is 23.3 Å². The van der Waals surface area contributed by atoms with Crippen molar-refractivity contribution >= 4 is 37.3 Å². The normalized spacial score (nSPS) is 19.6. The molecule has 34 heavy (non-hydrogen) atoms. The van der Waals surface area contributed by atoms with Gasteiger partial charge >= 0.3 is 6.09 Å². The Morgan fingerprint density at radius 2 is 1.79 bits per heavy atom. The zero-order valence-corrected chi connectivity index (χ0v) is 20.8. The van der Waals surface area contributed by atoms with Crippen molar-refractivity contribution in [3.05, 3.63) is 47.0 Å². The van der Waals surface area contributed by atoms with E-state index in [1.54, 1.807) is 31.2 Å². The van der Waals surface area contributed by atoms with Crippen molar-refractivity contribution < 1.29 is 41.6 Å². The van der Waals surface area contributed by atoms with Crippen LogP contribution in [0.4, 0.5) is 4.79 Å². The number of hydrogen-bond donors (Lipinski definition) is 3. The van der Waals surface area contributed by atoms with Crippen LogP contribution in [0.1, 0.15) is 43.0 Å². The van der Waals surface area contributed by atoms with Crippen LogP contribution in [0.3, 0.4) is 0 Å². The van der Waals surface area contributed by atoms with Crippen molar-refractivity contribution in [3.63, 3.8) is 0 Å². The van der Waals surface area contributed by atoms with E-state index in [4.69, 9.17) is 20.3 Å². The van der Waals surface area contributed by atoms with Gasteiger partial charge in [-0.15, -0.1) is 11.3 Å². The Morgan fingerprint density at radius 3 is 2.32 bits per heavy atom. The molecule has 2 heterocycles. The van der Waals surface area contributed by atoms with E-state index in [1.807, 2.05) is 0 Å². The summed E-state index contributed by atoms with van der Waals surface area (Å²) in [6, 6.07) is 7.18. The molecule has 1 aromatic heterocycles. The van der Waals surface area contributed by atoms with Gasteiger partial charge < -0.3 is 9.64 Å². The third-order valence-corrected chi connectivity index (χ3v) is 10.7. The Labute approximate surface area is 200 Å². The van der Waals surface area contributed by atoms with Crippen LogP contribution in [0.2, 0.25) is 0 Å². The topological polar surface area (TPSA) is 177 Å². The predicted octanol–water partition coefficient (Wildman–Crippen LogP) is 2.17. The molecule has 0 spiro atoms. The lowest BCUT2D eigenvalue weighted by atomic mass is 10.0. The number of primary sulfonamides is 1. The second-order valence-corrected chi connectivity index (χ2v) is 13.0. The lowest BCUT2D eigenvalue weighted by Gasteiger charge is -2.35. The molecule has 0 radical (unpaired) electrons. The maximum atomic E-state index is 12.9. The molecular weight excluding hydrogens is 510 g/mol. The third kappa shape index (κ3) is 5.75. The molecule has 1 aromatic carbocycles. The van der Waals surface area contributed by atoms with Crippen LogP contribution in [0.25, 0.3) is 0 Å². The number of benzene rings is 1. The van der Waals surface area contributed by atoms with Crippen molar-refractivity contribution in [3.8, 4) is 0 Å². The fourth-order valence-corrected chi connectivity index (χ4v) is 7.97. The van der Waals surface area contributed by atoms with Gasteiger partial charge in [-0.25, -0.2) is 31.6 Å². The zero-order valence-electron chi connectivity index (χ0n) is 18.3. The third-order valence-electron chi connectivity index (χ3n) is 5.37. The predicted molar refractivity (Wildman–Crippen MR) is 119 cm³/mol. The number of rotatable bonds is 8. The summed E-state index contributed by atoms with van der Waals surface area (Å²) in [7, 11) is -7.87. The highest BCUT2D eigenvalue weighted by Crippen LogP contribution is 2.45. The zero-order chi connectivity index (χ0) is 25.3. The first kappa shape index (κ1) is 26.5. The summed E-state index contributed by atoms with van der Waals surface area (Å²) in [6.07, 6.45) is -0.600. The fourth-order valence-electron chi connectivity index (χ4n) is 3.58. The SMILES string of the molecule is CCN(C(=O)OCc1ccc(CON(O)O)cc1)[C@H]1CC(C)S(=O)(=O)c2sc(S(N)(=O)=O)cc21. The van der Waals surface area contributed by atoms with Gasteiger partial charge in [0.2, 0.25) is 10.0 Å². The van der Waals surface area contributed by atoms with Crippen molar-refractivity contribution in [2.45, 2.75) is 53.2 Å². The molecule has 0 bridgehead atoms. The Kier molecular flexibility index (Phi) is 7.99. The molecule has 1 amide bonds. The number of sulfonamides is 1. The highest BCUT2D eigenvalue weighted by molar-refractivity contribution is 7.95. The summed E-state index contributed by atoms with van der Waals surface area (Å²) in [5.74, 6) is 0. The van der Waals surface area contributed by atoms with Crippen molar-refractivity contribution in [1.29, 1.82) is 0 Å². The average molecular weight is 536 g/mol. The molecule has 2 aromatic rings. The van der Waals surface area contributed by atoms with Crippen LogP contribution < -0.4 is 5.14 Å². The summed E-state index contributed by atoms with van der Waals surface area (Å²) in [5.41, 5.74) is 1.52. The van der Waals surface area contributed by atoms with Crippen LogP contribution >= 0.6 is 11.3 Å². The minimum absolute atomic E-state index is 0.0674. The Morgan fingerprint density at radius 1 is 1.21 bits per heavy atom. The molecule has 2 atom stereocenters. The minimum atomic E-state index is -4.12. The van der Waals surface area contributed by atoms with Gasteiger partial charge in [0.15, 0.2) is 9.84 Å². The number of hydrogen-bond acceptors (Lipinski definition) is 11. The number of nitrogens with two attached hydrogens (primary N) is 1. The number of carbonyl (C=O) groups is 1. The summed E-state index contributed by atoms with van der Waals surface area (Å²) < 4.78 is 54.3. The number of amides is 1. The Bertz CT molecular complexity index is 1240. The van der Waals surface area contributed by atoms with Crippen LogP contribution in [0, 0.1) is 0 Å². The number of ether oxygens (including phenoxy) is 1. The molecule has 0 saturated heterocycles. The fraction of sp³-hybridized carbons (Fsp3) is 0.421. The maximum absolute atomic E-state index is 12.9. The first-order chi connectivity index (χ1) is 15.8. The molecule has 15 heteroatoms. The molecule has 0 fully saturated rings. The standard InChI is InChI=1S/C19H25N3O9S3/c1-3-21(19(23)30-10-13-4-6-14(7-5-13)11-31-22(24)25)16-8-12(2)33(26,27)18-15(16)9-17(32-18)34(20,28)29/h4-7,9,12,16,24-25H,3,8,10-11H2,1-2H3,(H2,20,28,29)/t12?,16-/m0/s1. The van der Waals surface area contributed by atoms with Crippen LogP contribution in [-0.4, -0.2) is 55.4 Å². The summed E-state index contributed by atoms with van der Waals surface area (Å²) >= 11 is 0.589. The van der Waals surface area contributed by atoms with Crippen LogP contribution in [0.15, 0.2) is 38.8 Å². The van der Waals surface area contributed by atoms with Gasteiger partial charge in [0.25, 0.3) is 0 Å². The van der Waals surface area contributed by atoms with Gasteiger partial charge in [0.1, 0.15) is 15.0 Å². The quantitative estimate of drug-likeness (QED) is 0.424. The lowest BCUT2D eigenvalue weighted by Crippen LogP contribution is -2.40. The summed E-state index contributed by atoms with van der Waals surface area (Å²) in [4.78, 5) is 18.8.